The Morgan fingerprint density at radius 2 is 2.04 bits per heavy atom. The number of oxime groups is 1. The molecule has 0 aliphatic carbocycles. The number of hydrogen-bond donors (Lipinski definition) is 0. The second kappa shape index (κ2) is 6.14. The molecule has 0 radical (unpaired) electrons. The van der Waals surface area contributed by atoms with Crippen molar-refractivity contribution in [2.24, 2.45) is 19.3 Å². The molecule has 4 rings (SSSR count). The summed E-state index contributed by atoms with van der Waals surface area (Å²) in [5, 5.41) is 4.67. The van der Waals surface area contributed by atoms with Gasteiger partial charge in [-0.1, -0.05) is 35.0 Å². The summed E-state index contributed by atoms with van der Waals surface area (Å²) in [5.74, 6) is 0. The summed E-state index contributed by atoms with van der Waals surface area (Å²) in [6.07, 6.45) is 1.56. The molecule has 0 N–H and O–H groups in total. The van der Waals surface area contributed by atoms with Crippen LogP contribution in [0, 0.1) is 0 Å². The number of hydrogen-bond acceptors (Lipinski definition) is 5. The van der Waals surface area contributed by atoms with Crippen LogP contribution in [-0.4, -0.2) is 30.5 Å². The van der Waals surface area contributed by atoms with Crippen molar-refractivity contribution >= 4 is 28.5 Å². The lowest BCUT2D eigenvalue weighted by Crippen LogP contribution is -2.42. The molecule has 8 nitrogen and oxygen atoms in total. The van der Waals surface area contributed by atoms with Gasteiger partial charge < -0.3 is 9.40 Å². The lowest BCUT2D eigenvalue weighted by atomic mass is 10.1. The number of rotatable bonds is 3. The molecule has 0 saturated carbocycles. The Labute approximate surface area is 152 Å². The molecule has 1 aromatic carbocycles. The Morgan fingerprint density at radius 3 is 2.81 bits per heavy atom. The Morgan fingerprint density at radius 1 is 1.27 bits per heavy atom. The van der Waals surface area contributed by atoms with Crippen molar-refractivity contribution in [2.75, 3.05) is 0 Å². The SMILES string of the molecule is Cn1cnc2c1c(=O)n(C[C@H]1CC(c3ccccc3Cl)=NO1)c(=O)n2C. The van der Waals surface area contributed by atoms with Gasteiger partial charge in [-0.25, -0.2) is 9.78 Å². The van der Waals surface area contributed by atoms with Crippen molar-refractivity contribution in [1.29, 1.82) is 0 Å². The van der Waals surface area contributed by atoms with E-state index in [0.717, 1.165) is 5.56 Å². The fourth-order valence-electron chi connectivity index (χ4n) is 3.14. The van der Waals surface area contributed by atoms with Crippen molar-refractivity contribution in [3.63, 3.8) is 0 Å². The lowest BCUT2D eigenvalue weighted by molar-refractivity contribution is 0.0706. The van der Waals surface area contributed by atoms with Crippen molar-refractivity contribution in [3.8, 4) is 0 Å². The van der Waals surface area contributed by atoms with Crippen LogP contribution in [0.4, 0.5) is 0 Å². The number of benzene rings is 1. The number of aryl methyl sites for hydroxylation is 2. The molecule has 1 atom stereocenters. The second-order valence-electron chi connectivity index (χ2n) is 6.23. The molecule has 134 valence electrons. The number of halogens is 1. The zero-order chi connectivity index (χ0) is 18.4. The summed E-state index contributed by atoms with van der Waals surface area (Å²) < 4.78 is 4.13. The maximum absolute atomic E-state index is 12.8. The van der Waals surface area contributed by atoms with Gasteiger partial charge in [-0.2, -0.15) is 0 Å². The van der Waals surface area contributed by atoms with E-state index in [-0.39, 0.29) is 6.54 Å². The van der Waals surface area contributed by atoms with Crippen LogP contribution in [-0.2, 0) is 25.5 Å². The quantitative estimate of drug-likeness (QED) is 0.692. The molecule has 0 spiro atoms. The molecule has 1 aliphatic heterocycles. The van der Waals surface area contributed by atoms with E-state index in [1.807, 2.05) is 18.2 Å². The van der Waals surface area contributed by atoms with Crippen molar-refractivity contribution < 1.29 is 4.84 Å². The molecule has 0 amide bonds. The maximum atomic E-state index is 12.8. The van der Waals surface area contributed by atoms with Crippen LogP contribution in [0.2, 0.25) is 5.02 Å². The third kappa shape index (κ3) is 2.53. The van der Waals surface area contributed by atoms with Gasteiger partial charge in [0.1, 0.15) is 0 Å². The summed E-state index contributed by atoms with van der Waals surface area (Å²) in [4.78, 5) is 34.9. The molecule has 9 heteroatoms. The highest BCUT2D eigenvalue weighted by Gasteiger charge is 2.26. The highest BCUT2D eigenvalue weighted by Crippen LogP contribution is 2.23. The topological polar surface area (TPSA) is 83.4 Å². The first-order chi connectivity index (χ1) is 12.5. The van der Waals surface area contributed by atoms with E-state index in [2.05, 4.69) is 10.1 Å². The third-order valence-corrected chi connectivity index (χ3v) is 4.83. The monoisotopic (exact) mass is 373 g/mol. The van der Waals surface area contributed by atoms with Gasteiger partial charge >= 0.3 is 5.69 Å². The lowest BCUT2D eigenvalue weighted by Gasteiger charge is -2.12. The molecule has 0 unspecified atom stereocenters. The van der Waals surface area contributed by atoms with Crippen molar-refractivity contribution in [1.82, 2.24) is 18.7 Å². The van der Waals surface area contributed by atoms with E-state index >= 15 is 0 Å². The molecule has 2 aromatic heterocycles. The molecule has 3 heterocycles. The van der Waals surface area contributed by atoms with Crippen molar-refractivity contribution in [3.05, 3.63) is 62.0 Å². The minimum atomic E-state index is -0.434. The first-order valence-corrected chi connectivity index (χ1v) is 8.43. The first-order valence-electron chi connectivity index (χ1n) is 8.06. The van der Waals surface area contributed by atoms with Crippen LogP contribution < -0.4 is 11.2 Å². The molecule has 0 saturated heterocycles. The summed E-state index contributed by atoms with van der Waals surface area (Å²) >= 11 is 6.20. The molecule has 1 aliphatic rings. The number of aromatic nitrogens is 4. The average molecular weight is 374 g/mol. The first kappa shape index (κ1) is 16.6. The Hall–Kier alpha value is -2.87. The van der Waals surface area contributed by atoms with Crippen LogP contribution in [0.3, 0.4) is 0 Å². The van der Waals surface area contributed by atoms with E-state index in [1.165, 1.54) is 15.5 Å². The Bertz CT molecular complexity index is 1160. The fraction of sp³-hybridized carbons (Fsp3) is 0.294. The van der Waals surface area contributed by atoms with E-state index < -0.39 is 17.4 Å². The normalized spacial score (nSPS) is 16.7. The van der Waals surface area contributed by atoms with Crippen molar-refractivity contribution in [2.45, 2.75) is 19.1 Å². The van der Waals surface area contributed by atoms with Crippen LogP contribution in [0.15, 0.2) is 45.3 Å². The van der Waals surface area contributed by atoms with Crippen LogP contribution in [0.1, 0.15) is 12.0 Å². The van der Waals surface area contributed by atoms with Crippen LogP contribution in [0.5, 0.6) is 0 Å². The maximum Gasteiger partial charge on any atom is 0.332 e. The number of imidazole rings is 1. The number of fused-ring (bicyclic) bond motifs is 1. The summed E-state index contributed by atoms with van der Waals surface area (Å²) in [5.41, 5.74) is 1.40. The van der Waals surface area contributed by atoms with Gasteiger partial charge in [-0.15, -0.1) is 0 Å². The van der Waals surface area contributed by atoms with Crippen LogP contribution >= 0.6 is 11.6 Å². The largest absolute Gasteiger partial charge is 0.390 e. The molecular formula is C17H16ClN5O3. The van der Waals surface area contributed by atoms with Gasteiger partial charge in [-0.3, -0.25) is 13.9 Å². The van der Waals surface area contributed by atoms with Crippen LogP contribution in [0.25, 0.3) is 11.2 Å². The minimum absolute atomic E-state index is 0.101. The Kier molecular flexibility index (Phi) is 3.91. The highest BCUT2D eigenvalue weighted by molar-refractivity contribution is 6.34. The minimum Gasteiger partial charge on any atom is -0.390 e. The van der Waals surface area contributed by atoms with E-state index in [0.29, 0.717) is 28.3 Å². The van der Waals surface area contributed by atoms with Gasteiger partial charge in [-0.05, 0) is 6.07 Å². The molecule has 0 fully saturated rings. The zero-order valence-electron chi connectivity index (χ0n) is 14.2. The predicted molar refractivity (Wildman–Crippen MR) is 97.7 cm³/mol. The van der Waals surface area contributed by atoms with Gasteiger partial charge in [0, 0.05) is 31.1 Å². The van der Waals surface area contributed by atoms with Gasteiger partial charge in [0.15, 0.2) is 17.3 Å². The van der Waals surface area contributed by atoms with E-state index in [9.17, 15) is 9.59 Å². The zero-order valence-corrected chi connectivity index (χ0v) is 15.0. The molecular weight excluding hydrogens is 358 g/mol. The Balaban J connectivity index is 1.66. The molecule has 0 bridgehead atoms. The summed E-state index contributed by atoms with van der Waals surface area (Å²) in [6.45, 7) is 0.101. The third-order valence-electron chi connectivity index (χ3n) is 4.50. The predicted octanol–water partition coefficient (Wildman–Crippen LogP) is 1.28. The summed E-state index contributed by atoms with van der Waals surface area (Å²) in [6, 6.07) is 7.35. The standard InChI is InChI=1S/C17H16ClN5O3/c1-21-9-19-15-14(21)16(24)23(17(25)22(15)2)8-10-7-13(20-26-10)11-5-3-4-6-12(11)18/h3-6,9-10H,7-8H2,1-2H3/t10-/m1/s1. The molecule has 3 aromatic rings. The van der Waals surface area contributed by atoms with Gasteiger partial charge in [0.2, 0.25) is 0 Å². The van der Waals surface area contributed by atoms with E-state index in [1.54, 1.807) is 24.7 Å². The van der Waals surface area contributed by atoms with Gasteiger partial charge in [0.05, 0.1) is 18.6 Å². The van der Waals surface area contributed by atoms with E-state index in [4.69, 9.17) is 16.4 Å². The fourth-order valence-corrected chi connectivity index (χ4v) is 3.39. The van der Waals surface area contributed by atoms with Gasteiger partial charge in [0.25, 0.3) is 5.56 Å². The average Bonchev–Trinajstić information content (AvgIpc) is 3.24. The number of nitrogens with zero attached hydrogens (tertiary/aromatic N) is 5. The highest BCUT2D eigenvalue weighted by atomic mass is 35.5. The smallest absolute Gasteiger partial charge is 0.332 e. The molecule has 26 heavy (non-hydrogen) atoms. The summed E-state index contributed by atoms with van der Waals surface area (Å²) in [7, 11) is 3.31. The second-order valence-corrected chi connectivity index (χ2v) is 6.64.